The number of fused-ring (bicyclic) bond motifs is 5. The van der Waals surface area contributed by atoms with Gasteiger partial charge in [-0.2, -0.15) is 0 Å². The molecule has 1 aromatic carbocycles. The molecule has 1 spiro atoms. The quantitative estimate of drug-likeness (QED) is 0.421. The highest BCUT2D eigenvalue weighted by Gasteiger charge is 2.63. The van der Waals surface area contributed by atoms with Gasteiger partial charge in [-0.25, -0.2) is 9.18 Å². The van der Waals surface area contributed by atoms with Gasteiger partial charge in [-0.15, -0.1) is 0 Å². The maximum Gasteiger partial charge on any atom is 0.328 e. The van der Waals surface area contributed by atoms with Crippen LogP contribution in [0.5, 0.6) is 0 Å². The number of nitrogens with zero attached hydrogens (tertiary/aromatic N) is 2. The number of carbonyl (C=O) groups excluding carboxylic acids is 3. The summed E-state index contributed by atoms with van der Waals surface area (Å²) in [5, 5.41) is 8.40. The van der Waals surface area contributed by atoms with Crippen LogP contribution >= 0.6 is 12.2 Å². The summed E-state index contributed by atoms with van der Waals surface area (Å²) in [4.78, 5) is 39.6. The summed E-state index contributed by atoms with van der Waals surface area (Å²) in [5.41, 5.74) is 4.55. The van der Waals surface area contributed by atoms with Crippen molar-refractivity contribution in [2.45, 2.75) is 38.5 Å². The van der Waals surface area contributed by atoms with E-state index in [9.17, 15) is 14.4 Å². The van der Waals surface area contributed by atoms with Crippen LogP contribution in [0.15, 0.2) is 10.6 Å². The van der Waals surface area contributed by atoms with E-state index in [1.54, 1.807) is 17.9 Å². The van der Waals surface area contributed by atoms with Crippen LogP contribution in [0.3, 0.4) is 0 Å². The first-order valence-electron chi connectivity index (χ1n) is 9.64. The van der Waals surface area contributed by atoms with E-state index in [1.165, 1.54) is 0 Å². The van der Waals surface area contributed by atoms with Gasteiger partial charge in [0.25, 0.3) is 0 Å². The van der Waals surface area contributed by atoms with Crippen molar-refractivity contribution in [2.75, 3.05) is 11.4 Å². The number of imide groups is 2. The van der Waals surface area contributed by atoms with E-state index in [4.69, 9.17) is 27.2 Å². The van der Waals surface area contributed by atoms with E-state index in [1.807, 2.05) is 6.92 Å². The van der Waals surface area contributed by atoms with Crippen LogP contribution in [0.2, 0.25) is 0 Å². The molecule has 10 nitrogen and oxygen atoms in total. The Morgan fingerprint density at radius 2 is 2.00 bits per heavy atom. The van der Waals surface area contributed by atoms with Crippen LogP contribution in [-0.2, 0) is 20.7 Å². The number of aromatic nitrogens is 1. The number of thiocarbonyl (C=S) groups is 1. The predicted octanol–water partition coefficient (Wildman–Crippen LogP) is 0.492. The topological polar surface area (TPSA) is 140 Å². The third-order valence-electron chi connectivity index (χ3n) is 6.20. The largest absolute Gasteiger partial charge is 0.388 e. The number of benzene rings is 1. The summed E-state index contributed by atoms with van der Waals surface area (Å²) in [7, 11) is 0. The monoisotopic (exact) mass is 447 g/mol. The molecule has 0 bridgehead atoms. The van der Waals surface area contributed by atoms with Crippen molar-refractivity contribution < 1.29 is 28.0 Å². The zero-order valence-corrected chi connectivity index (χ0v) is 17.3. The number of halogens is 1. The van der Waals surface area contributed by atoms with Gasteiger partial charge in [-0.3, -0.25) is 20.2 Å². The Hall–Kier alpha value is -3.12. The number of anilines is 1. The Labute approximate surface area is 180 Å². The van der Waals surface area contributed by atoms with E-state index >= 15 is 4.39 Å². The minimum Gasteiger partial charge on any atom is -0.388 e. The van der Waals surface area contributed by atoms with Gasteiger partial charge in [-0.05, 0) is 25.5 Å². The lowest BCUT2D eigenvalue weighted by molar-refractivity contribution is -0.153. The van der Waals surface area contributed by atoms with Crippen LogP contribution in [0.4, 0.5) is 14.9 Å². The number of nitrogens with one attached hydrogen (secondary N) is 2. The molecule has 3 aliphatic rings. The van der Waals surface area contributed by atoms with Crippen molar-refractivity contribution in [1.29, 1.82) is 0 Å². The third-order valence-corrected chi connectivity index (χ3v) is 6.39. The van der Waals surface area contributed by atoms with Crippen molar-refractivity contribution in [3.05, 3.63) is 23.1 Å². The predicted molar refractivity (Wildman–Crippen MR) is 109 cm³/mol. The second-order valence-electron chi connectivity index (χ2n) is 8.10. The van der Waals surface area contributed by atoms with E-state index in [-0.39, 0.29) is 46.4 Å². The lowest BCUT2D eigenvalue weighted by Gasteiger charge is -2.55. The molecule has 4 N–H and O–H groups in total. The minimum absolute atomic E-state index is 0.0751. The van der Waals surface area contributed by atoms with Crippen LogP contribution in [0.1, 0.15) is 25.1 Å². The van der Waals surface area contributed by atoms with Crippen LogP contribution in [0.25, 0.3) is 11.0 Å². The summed E-state index contributed by atoms with van der Waals surface area (Å²) in [6.07, 6.45) is -1.08. The molecular weight excluding hydrogens is 429 g/mol. The van der Waals surface area contributed by atoms with Gasteiger partial charge in [0.15, 0.2) is 11.2 Å². The Balaban J connectivity index is 1.80. The summed E-state index contributed by atoms with van der Waals surface area (Å²) in [6.45, 7) is 3.75. The average Bonchev–Trinajstić information content (AvgIpc) is 3.09. The van der Waals surface area contributed by atoms with Crippen molar-refractivity contribution in [3.8, 4) is 0 Å². The van der Waals surface area contributed by atoms with Crippen molar-refractivity contribution in [2.24, 2.45) is 11.1 Å². The molecule has 0 unspecified atom stereocenters. The lowest BCUT2D eigenvalue weighted by Crippen LogP contribution is -2.75. The molecule has 162 valence electrons. The second-order valence-corrected chi connectivity index (χ2v) is 8.54. The molecule has 31 heavy (non-hydrogen) atoms. The minimum atomic E-state index is -1.71. The van der Waals surface area contributed by atoms with Gasteiger partial charge in [0, 0.05) is 13.0 Å². The SMILES string of the molecule is C[C@@H]1CN2c3c(cc4c(C(N)=S)noc4c3F)CC3(C(=O)NC(=O)NC3=O)[C@H]2[C@H](C)O1. The highest BCUT2D eigenvalue weighted by atomic mass is 32.1. The molecular formula is C19H18FN5O5S. The Kier molecular flexibility index (Phi) is 4.12. The van der Waals surface area contributed by atoms with Crippen molar-refractivity contribution in [3.63, 3.8) is 0 Å². The number of urea groups is 1. The number of hydrogen-bond donors (Lipinski definition) is 3. The summed E-state index contributed by atoms with van der Waals surface area (Å²) < 4.78 is 26.8. The number of morpholine rings is 1. The van der Waals surface area contributed by atoms with E-state index in [0.717, 1.165) is 0 Å². The standard InChI is InChI=1S/C19H18FN5O5S/c1-6-5-25-12-8(3-9-11(15(21)31)24-30-13(9)10(12)20)4-19(14(25)7(2)29-6)16(26)22-18(28)23-17(19)27/h3,6-7,14H,4-5H2,1-2H3,(H2,21,31)(H2,22,23,26,27,28)/t6-,7+,14-/m1/s1. The Morgan fingerprint density at radius 1 is 1.32 bits per heavy atom. The molecule has 1 aromatic heterocycles. The zero-order valence-electron chi connectivity index (χ0n) is 16.5. The fourth-order valence-electron chi connectivity index (χ4n) is 5.13. The van der Waals surface area contributed by atoms with Gasteiger partial charge in [0.1, 0.15) is 10.7 Å². The maximum atomic E-state index is 15.7. The normalized spacial score (nSPS) is 27.0. The summed E-state index contributed by atoms with van der Waals surface area (Å²) in [6, 6.07) is -0.167. The summed E-state index contributed by atoms with van der Waals surface area (Å²) in [5.74, 6) is -2.20. The second kappa shape index (κ2) is 6.44. The van der Waals surface area contributed by atoms with E-state index in [2.05, 4.69) is 15.8 Å². The van der Waals surface area contributed by atoms with Crippen LogP contribution in [0, 0.1) is 11.2 Å². The van der Waals surface area contributed by atoms with Gasteiger partial charge in [0.05, 0.1) is 29.3 Å². The fraction of sp³-hybridized carbons (Fsp3) is 0.421. The highest BCUT2D eigenvalue weighted by molar-refractivity contribution is 7.80. The number of ether oxygens (including phenoxy) is 1. The van der Waals surface area contributed by atoms with Crippen molar-refractivity contribution >= 4 is 51.7 Å². The smallest absolute Gasteiger partial charge is 0.328 e. The number of rotatable bonds is 1. The van der Waals surface area contributed by atoms with E-state index < -0.39 is 41.2 Å². The summed E-state index contributed by atoms with van der Waals surface area (Å²) >= 11 is 4.97. The van der Waals surface area contributed by atoms with Crippen LogP contribution < -0.4 is 21.3 Å². The zero-order chi connectivity index (χ0) is 22.2. The lowest BCUT2D eigenvalue weighted by atomic mass is 9.66. The number of amides is 4. The first kappa shape index (κ1) is 19.8. The van der Waals surface area contributed by atoms with Crippen LogP contribution in [-0.4, -0.2) is 52.8 Å². The first-order valence-corrected chi connectivity index (χ1v) is 10.1. The molecule has 12 heteroatoms. The molecule has 3 atom stereocenters. The molecule has 4 amide bonds. The molecule has 2 aromatic rings. The molecule has 2 saturated heterocycles. The highest BCUT2D eigenvalue weighted by Crippen LogP contribution is 2.49. The molecule has 4 heterocycles. The molecule has 5 rings (SSSR count). The Bertz CT molecular complexity index is 1180. The fourth-order valence-corrected chi connectivity index (χ4v) is 5.27. The number of barbiturate groups is 1. The van der Waals surface area contributed by atoms with Gasteiger partial charge in [-0.1, -0.05) is 17.4 Å². The van der Waals surface area contributed by atoms with Gasteiger partial charge in [0.2, 0.25) is 17.4 Å². The molecule has 0 saturated carbocycles. The molecule has 0 aliphatic carbocycles. The number of nitrogens with two attached hydrogens (primary N) is 1. The first-order chi connectivity index (χ1) is 14.6. The molecule has 2 fully saturated rings. The molecule has 3 aliphatic heterocycles. The number of carbonyl (C=O) groups is 3. The van der Waals surface area contributed by atoms with E-state index in [0.29, 0.717) is 5.56 Å². The molecule has 0 radical (unpaired) electrons. The number of hydrogen-bond acceptors (Lipinski definition) is 8. The third kappa shape index (κ3) is 2.54. The van der Waals surface area contributed by atoms with Gasteiger partial charge >= 0.3 is 6.03 Å². The van der Waals surface area contributed by atoms with Crippen molar-refractivity contribution in [1.82, 2.24) is 15.8 Å². The maximum absolute atomic E-state index is 15.7. The Morgan fingerprint density at radius 3 is 2.65 bits per heavy atom. The average molecular weight is 447 g/mol. The van der Waals surface area contributed by atoms with Gasteiger partial charge < -0.3 is 19.9 Å².